The molecule has 2 aromatic rings. The Hall–Kier alpha value is -2.25. The Labute approximate surface area is 190 Å². The highest BCUT2D eigenvalue weighted by Crippen LogP contribution is 2.31. The molecular weight excluding hydrogens is 470 g/mol. The number of ether oxygens (including phenoxy) is 1. The highest BCUT2D eigenvalue weighted by molar-refractivity contribution is 9.10. The molecule has 0 unspecified atom stereocenters. The smallest absolute Gasteiger partial charge is 0.255 e. The number of piperazine rings is 1. The van der Waals surface area contributed by atoms with Gasteiger partial charge in [0.05, 0.1) is 22.5 Å². The molecule has 30 heavy (non-hydrogen) atoms. The van der Waals surface area contributed by atoms with Gasteiger partial charge in [-0.2, -0.15) is 0 Å². The highest BCUT2D eigenvalue weighted by atomic mass is 79.9. The van der Waals surface area contributed by atoms with Crippen LogP contribution in [0.4, 0.5) is 11.4 Å². The summed E-state index contributed by atoms with van der Waals surface area (Å²) >= 11 is 9.65. The molecule has 1 fully saturated rings. The van der Waals surface area contributed by atoms with Crippen molar-refractivity contribution in [1.29, 1.82) is 0 Å². The standard InChI is InChI=1S/C22H25BrClN3O3/c1-3-21(28)27-11-9-26(10-12-27)19-7-6-16(24)14-18(19)25-22(29)15-5-8-20(30-4-2)17(23)13-15/h5-8,13-14H,3-4,9-12H2,1-2H3,(H,25,29). The zero-order valence-corrected chi connectivity index (χ0v) is 19.4. The molecule has 8 heteroatoms. The molecular formula is C22H25BrClN3O3. The summed E-state index contributed by atoms with van der Waals surface area (Å²) in [6.45, 7) is 7.05. The summed E-state index contributed by atoms with van der Waals surface area (Å²) in [7, 11) is 0. The largest absolute Gasteiger partial charge is 0.493 e. The predicted octanol–water partition coefficient (Wildman–Crippen LogP) is 4.81. The molecule has 160 valence electrons. The fourth-order valence-corrected chi connectivity index (χ4v) is 4.08. The molecule has 0 atom stereocenters. The van der Waals surface area contributed by atoms with Crippen LogP contribution in [0, 0.1) is 0 Å². The lowest BCUT2D eigenvalue weighted by molar-refractivity contribution is -0.131. The summed E-state index contributed by atoms with van der Waals surface area (Å²) in [5.74, 6) is 0.624. The summed E-state index contributed by atoms with van der Waals surface area (Å²) in [5.41, 5.74) is 2.05. The van der Waals surface area contributed by atoms with Crippen molar-refractivity contribution in [2.75, 3.05) is 43.0 Å². The van der Waals surface area contributed by atoms with Gasteiger partial charge in [-0.25, -0.2) is 0 Å². The van der Waals surface area contributed by atoms with Gasteiger partial charge in [0.2, 0.25) is 5.91 Å². The molecule has 1 N–H and O–H groups in total. The van der Waals surface area contributed by atoms with Crippen molar-refractivity contribution in [3.8, 4) is 5.75 Å². The maximum Gasteiger partial charge on any atom is 0.255 e. The van der Waals surface area contributed by atoms with Crippen molar-refractivity contribution >= 4 is 50.7 Å². The molecule has 1 saturated heterocycles. The second kappa shape index (κ2) is 10.2. The van der Waals surface area contributed by atoms with Crippen LogP contribution in [0.25, 0.3) is 0 Å². The normalized spacial score (nSPS) is 13.9. The van der Waals surface area contributed by atoms with E-state index in [0.29, 0.717) is 61.2 Å². The predicted molar refractivity (Wildman–Crippen MR) is 124 cm³/mol. The van der Waals surface area contributed by atoms with Gasteiger partial charge in [0.15, 0.2) is 0 Å². The van der Waals surface area contributed by atoms with Gasteiger partial charge in [-0.3, -0.25) is 9.59 Å². The molecule has 0 saturated carbocycles. The molecule has 0 spiro atoms. The second-order valence-corrected chi connectivity index (χ2v) is 8.21. The van der Waals surface area contributed by atoms with E-state index in [1.54, 1.807) is 24.3 Å². The van der Waals surface area contributed by atoms with Gasteiger partial charge in [0.1, 0.15) is 5.75 Å². The lowest BCUT2D eigenvalue weighted by atomic mass is 10.1. The number of hydrogen-bond acceptors (Lipinski definition) is 4. The first-order chi connectivity index (χ1) is 14.4. The van der Waals surface area contributed by atoms with Gasteiger partial charge < -0.3 is 19.9 Å². The van der Waals surface area contributed by atoms with Gasteiger partial charge in [0, 0.05) is 43.2 Å². The molecule has 6 nitrogen and oxygen atoms in total. The van der Waals surface area contributed by atoms with Crippen LogP contribution in [0.2, 0.25) is 5.02 Å². The second-order valence-electron chi connectivity index (χ2n) is 6.92. The third kappa shape index (κ3) is 5.26. The first-order valence-electron chi connectivity index (χ1n) is 9.98. The first kappa shape index (κ1) is 22.4. The van der Waals surface area contributed by atoms with Crippen LogP contribution in [-0.2, 0) is 4.79 Å². The number of nitrogens with one attached hydrogen (secondary N) is 1. The number of benzene rings is 2. The maximum absolute atomic E-state index is 12.9. The first-order valence-corrected chi connectivity index (χ1v) is 11.2. The highest BCUT2D eigenvalue weighted by Gasteiger charge is 2.22. The number of rotatable bonds is 6. The third-order valence-electron chi connectivity index (χ3n) is 4.98. The van der Waals surface area contributed by atoms with Crippen LogP contribution in [-0.4, -0.2) is 49.5 Å². The average Bonchev–Trinajstić information content (AvgIpc) is 2.75. The van der Waals surface area contributed by atoms with Crippen LogP contribution in [0.15, 0.2) is 40.9 Å². The Morgan fingerprint density at radius 2 is 1.83 bits per heavy atom. The molecule has 0 bridgehead atoms. The lowest BCUT2D eigenvalue weighted by Crippen LogP contribution is -2.48. The number of carbonyl (C=O) groups excluding carboxylic acids is 2. The minimum atomic E-state index is -0.234. The monoisotopic (exact) mass is 493 g/mol. The maximum atomic E-state index is 12.9. The number of hydrogen-bond donors (Lipinski definition) is 1. The zero-order valence-electron chi connectivity index (χ0n) is 17.1. The summed E-state index contributed by atoms with van der Waals surface area (Å²) in [6, 6.07) is 10.7. The van der Waals surface area contributed by atoms with E-state index in [-0.39, 0.29) is 11.8 Å². The number of carbonyl (C=O) groups is 2. The molecule has 2 aromatic carbocycles. The lowest BCUT2D eigenvalue weighted by Gasteiger charge is -2.37. The minimum absolute atomic E-state index is 0.167. The van der Waals surface area contributed by atoms with Crippen LogP contribution >= 0.6 is 27.5 Å². The van der Waals surface area contributed by atoms with Crippen molar-refractivity contribution < 1.29 is 14.3 Å². The number of halogens is 2. The molecule has 2 amide bonds. The fraction of sp³-hybridized carbons (Fsp3) is 0.364. The van der Waals surface area contributed by atoms with Crippen LogP contribution in [0.1, 0.15) is 30.6 Å². The zero-order chi connectivity index (χ0) is 21.7. The quantitative estimate of drug-likeness (QED) is 0.626. The summed E-state index contributed by atoms with van der Waals surface area (Å²) in [6.07, 6.45) is 0.514. The Morgan fingerprint density at radius 1 is 1.10 bits per heavy atom. The number of amides is 2. The Balaban J connectivity index is 1.77. The Morgan fingerprint density at radius 3 is 2.47 bits per heavy atom. The Bertz CT molecular complexity index is 930. The van der Waals surface area contributed by atoms with Gasteiger partial charge in [0.25, 0.3) is 5.91 Å². The number of anilines is 2. The third-order valence-corrected chi connectivity index (χ3v) is 5.83. The van der Waals surface area contributed by atoms with E-state index in [0.717, 1.165) is 10.2 Å². The van der Waals surface area contributed by atoms with Gasteiger partial charge in [-0.05, 0) is 59.3 Å². The molecule has 0 aromatic heterocycles. The molecule has 1 heterocycles. The fourth-order valence-electron chi connectivity index (χ4n) is 3.41. The summed E-state index contributed by atoms with van der Waals surface area (Å²) in [5, 5.41) is 3.52. The molecule has 1 aliphatic rings. The van der Waals surface area contributed by atoms with Crippen LogP contribution in [0.5, 0.6) is 5.75 Å². The van der Waals surface area contributed by atoms with E-state index in [1.807, 2.05) is 30.9 Å². The van der Waals surface area contributed by atoms with Crippen LogP contribution < -0.4 is 15.0 Å². The van der Waals surface area contributed by atoms with E-state index >= 15 is 0 Å². The topological polar surface area (TPSA) is 61.9 Å². The van der Waals surface area contributed by atoms with Crippen molar-refractivity contribution in [2.45, 2.75) is 20.3 Å². The minimum Gasteiger partial charge on any atom is -0.493 e. The van der Waals surface area contributed by atoms with E-state index in [4.69, 9.17) is 16.3 Å². The molecule has 3 rings (SSSR count). The van der Waals surface area contributed by atoms with E-state index in [9.17, 15) is 9.59 Å². The SMILES string of the molecule is CCOc1ccc(C(=O)Nc2cc(Cl)ccc2N2CCN(C(=O)CC)CC2)cc1Br. The average molecular weight is 495 g/mol. The van der Waals surface area contributed by atoms with E-state index in [1.165, 1.54) is 0 Å². The summed E-state index contributed by atoms with van der Waals surface area (Å²) in [4.78, 5) is 28.9. The van der Waals surface area contributed by atoms with Crippen molar-refractivity contribution in [3.63, 3.8) is 0 Å². The number of nitrogens with zero attached hydrogens (tertiary/aromatic N) is 2. The summed E-state index contributed by atoms with van der Waals surface area (Å²) < 4.78 is 6.23. The van der Waals surface area contributed by atoms with Gasteiger partial charge in [-0.15, -0.1) is 0 Å². The van der Waals surface area contributed by atoms with Crippen molar-refractivity contribution in [1.82, 2.24) is 4.90 Å². The van der Waals surface area contributed by atoms with Crippen LogP contribution in [0.3, 0.4) is 0 Å². The van der Waals surface area contributed by atoms with E-state index < -0.39 is 0 Å². The Kier molecular flexibility index (Phi) is 7.61. The molecule has 0 aliphatic carbocycles. The van der Waals surface area contributed by atoms with Gasteiger partial charge >= 0.3 is 0 Å². The molecule has 1 aliphatic heterocycles. The van der Waals surface area contributed by atoms with E-state index in [2.05, 4.69) is 26.1 Å². The molecule has 0 radical (unpaired) electrons. The van der Waals surface area contributed by atoms with Crippen molar-refractivity contribution in [2.24, 2.45) is 0 Å². The van der Waals surface area contributed by atoms with Gasteiger partial charge in [-0.1, -0.05) is 18.5 Å². The van der Waals surface area contributed by atoms with Crippen molar-refractivity contribution in [3.05, 3.63) is 51.5 Å².